The fourth-order valence-electron chi connectivity index (χ4n) is 1.37. The van der Waals surface area contributed by atoms with Crippen LogP contribution in [0.1, 0.15) is 19.3 Å². The molecular formula is C7H7FRh. The van der Waals surface area contributed by atoms with E-state index in [1.807, 2.05) is 0 Å². The summed E-state index contributed by atoms with van der Waals surface area (Å²) in [5.74, 6) is 0.0475. The average molecular weight is 213 g/mol. The zero-order valence-corrected chi connectivity index (χ0v) is 6.55. The maximum Gasteiger partial charge on any atom is 0.122 e. The van der Waals surface area contributed by atoms with Crippen LogP contribution >= 0.6 is 0 Å². The first kappa shape index (κ1) is 7.14. The summed E-state index contributed by atoms with van der Waals surface area (Å²) in [7, 11) is 0. The van der Waals surface area contributed by atoms with E-state index in [9.17, 15) is 4.39 Å². The third-order valence-electron chi connectivity index (χ3n) is 1.86. The number of hydrogen-bond donors (Lipinski definition) is 0. The predicted octanol–water partition coefficient (Wildman–Crippen LogP) is 2.33. The van der Waals surface area contributed by atoms with Crippen LogP contribution in [-0.2, 0) is 19.5 Å². The Balaban J connectivity index is 0.000000405. The van der Waals surface area contributed by atoms with Gasteiger partial charge in [-0.3, -0.25) is 0 Å². The van der Waals surface area contributed by atoms with Crippen LogP contribution < -0.4 is 0 Å². The Labute approximate surface area is 66.6 Å². The molecule has 0 atom stereocenters. The van der Waals surface area contributed by atoms with E-state index < -0.39 is 0 Å². The zero-order chi connectivity index (χ0) is 5.56. The summed E-state index contributed by atoms with van der Waals surface area (Å²) in [5.41, 5.74) is 2.32. The maximum atomic E-state index is 12.4. The summed E-state index contributed by atoms with van der Waals surface area (Å²) in [6, 6.07) is 0. The molecular weight excluding hydrogens is 206 g/mol. The van der Waals surface area contributed by atoms with E-state index in [2.05, 4.69) is 0 Å². The quantitative estimate of drug-likeness (QED) is 0.541. The second-order valence-corrected chi connectivity index (χ2v) is 2.43. The third-order valence-corrected chi connectivity index (χ3v) is 1.86. The molecule has 2 aliphatic rings. The van der Waals surface area contributed by atoms with Gasteiger partial charge in [-0.05, 0) is 30.9 Å². The first-order valence-corrected chi connectivity index (χ1v) is 2.93. The molecule has 0 aromatic rings. The van der Waals surface area contributed by atoms with Gasteiger partial charge in [-0.25, -0.2) is 4.39 Å². The molecule has 0 amide bonds. The summed E-state index contributed by atoms with van der Waals surface area (Å²) < 4.78 is 12.4. The topological polar surface area (TPSA) is 0 Å². The molecule has 1 radical (unpaired) electrons. The fraction of sp³-hybridized carbons (Fsp3) is 0.429. The van der Waals surface area contributed by atoms with Gasteiger partial charge in [0.1, 0.15) is 5.83 Å². The first-order chi connectivity index (χ1) is 3.86. The van der Waals surface area contributed by atoms with Crippen LogP contribution in [0.4, 0.5) is 4.39 Å². The van der Waals surface area contributed by atoms with Crippen molar-refractivity contribution in [2.75, 3.05) is 0 Å². The summed E-state index contributed by atoms with van der Waals surface area (Å²) in [6.07, 6.45) is 4.71. The van der Waals surface area contributed by atoms with E-state index in [1.54, 1.807) is 6.08 Å². The van der Waals surface area contributed by atoms with Gasteiger partial charge >= 0.3 is 0 Å². The van der Waals surface area contributed by atoms with E-state index in [0.717, 1.165) is 24.8 Å². The normalized spacial score (nSPS) is 22.1. The Bertz CT molecular complexity index is 191. The zero-order valence-electron chi connectivity index (χ0n) is 4.91. The molecule has 2 rings (SSSR count). The van der Waals surface area contributed by atoms with Gasteiger partial charge in [-0.2, -0.15) is 0 Å². The summed E-state index contributed by atoms with van der Waals surface area (Å²) in [4.78, 5) is 0. The second kappa shape index (κ2) is 2.34. The molecule has 0 heterocycles. The number of rotatable bonds is 0. The van der Waals surface area contributed by atoms with Gasteiger partial charge in [0.2, 0.25) is 0 Å². The summed E-state index contributed by atoms with van der Waals surface area (Å²) in [6.45, 7) is 0. The molecule has 0 nitrogen and oxygen atoms in total. The van der Waals surface area contributed by atoms with Crippen molar-refractivity contribution >= 4 is 0 Å². The minimum Gasteiger partial charge on any atom is -0.207 e. The molecule has 0 aromatic heterocycles. The van der Waals surface area contributed by atoms with Crippen LogP contribution in [-0.4, -0.2) is 0 Å². The van der Waals surface area contributed by atoms with E-state index in [1.165, 1.54) is 5.57 Å². The van der Waals surface area contributed by atoms with Gasteiger partial charge in [0, 0.05) is 19.5 Å². The van der Waals surface area contributed by atoms with Gasteiger partial charge < -0.3 is 0 Å². The third kappa shape index (κ3) is 1.01. The molecule has 1 fully saturated rings. The molecule has 0 saturated heterocycles. The van der Waals surface area contributed by atoms with Gasteiger partial charge in [-0.1, -0.05) is 5.57 Å². The molecule has 1 saturated carbocycles. The summed E-state index contributed by atoms with van der Waals surface area (Å²) >= 11 is 0. The molecule has 0 unspecified atom stereocenters. The van der Waals surface area contributed by atoms with E-state index in [0.29, 0.717) is 0 Å². The second-order valence-electron chi connectivity index (χ2n) is 2.43. The Hall–Kier alpha value is 0.0334. The number of fused-ring (bicyclic) bond motifs is 2. The predicted molar refractivity (Wildman–Crippen MR) is 30.1 cm³/mol. The van der Waals surface area contributed by atoms with E-state index in [4.69, 9.17) is 0 Å². The standard InChI is InChI=1S/C7H7F.Rh/c8-7-4-5-1-2-6(7)3-5;/h4H,1-3H2;. The van der Waals surface area contributed by atoms with Crippen molar-refractivity contribution in [1.82, 2.24) is 0 Å². The van der Waals surface area contributed by atoms with Crippen molar-refractivity contribution in [2.45, 2.75) is 19.3 Å². The van der Waals surface area contributed by atoms with Crippen molar-refractivity contribution < 1.29 is 23.9 Å². The molecule has 0 N–H and O–H groups in total. The Morgan fingerprint density at radius 2 is 2.11 bits per heavy atom. The smallest absolute Gasteiger partial charge is 0.122 e. The van der Waals surface area contributed by atoms with E-state index >= 15 is 0 Å². The monoisotopic (exact) mass is 213 g/mol. The van der Waals surface area contributed by atoms with Crippen molar-refractivity contribution in [3.05, 3.63) is 23.0 Å². The van der Waals surface area contributed by atoms with Gasteiger partial charge in [0.15, 0.2) is 0 Å². The number of halogens is 1. The van der Waals surface area contributed by atoms with Crippen LogP contribution in [0.15, 0.2) is 23.0 Å². The average Bonchev–Trinajstić information content (AvgIpc) is 2.23. The van der Waals surface area contributed by atoms with Crippen LogP contribution in [0.3, 0.4) is 0 Å². The SMILES string of the molecule is FC1=C2CCC(=C1)C2.[Rh]. The van der Waals surface area contributed by atoms with E-state index in [-0.39, 0.29) is 25.3 Å². The summed E-state index contributed by atoms with van der Waals surface area (Å²) in [5, 5.41) is 0. The molecule has 0 spiro atoms. The number of allylic oxidation sites excluding steroid dienone is 4. The Morgan fingerprint density at radius 3 is 2.33 bits per heavy atom. The van der Waals surface area contributed by atoms with Crippen molar-refractivity contribution in [3.63, 3.8) is 0 Å². The molecule has 9 heavy (non-hydrogen) atoms. The molecule has 2 heteroatoms. The Morgan fingerprint density at radius 1 is 1.33 bits per heavy atom. The molecule has 0 aromatic carbocycles. The van der Waals surface area contributed by atoms with Gasteiger partial charge in [0.25, 0.3) is 0 Å². The maximum absolute atomic E-state index is 12.4. The van der Waals surface area contributed by atoms with Crippen LogP contribution in [0.25, 0.3) is 0 Å². The minimum absolute atomic E-state index is 0. The van der Waals surface area contributed by atoms with Gasteiger partial charge in [-0.15, -0.1) is 0 Å². The largest absolute Gasteiger partial charge is 0.207 e. The van der Waals surface area contributed by atoms with Crippen molar-refractivity contribution in [2.24, 2.45) is 0 Å². The minimum atomic E-state index is 0. The first-order valence-electron chi connectivity index (χ1n) is 2.93. The molecule has 0 aliphatic heterocycles. The van der Waals surface area contributed by atoms with Crippen LogP contribution in [0.5, 0.6) is 0 Å². The van der Waals surface area contributed by atoms with Crippen LogP contribution in [0, 0.1) is 0 Å². The van der Waals surface area contributed by atoms with Crippen LogP contribution in [0.2, 0.25) is 0 Å². The molecule has 51 valence electrons. The molecule has 2 bridgehead atoms. The number of hydrogen-bond acceptors (Lipinski definition) is 0. The molecule has 2 aliphatic carbocycles. The Kier molecular flexibility index (Phi) is 1.86. The fourth-order valence-corrected chi connectivity index (χ4v) is 1.37. The van der Waals surface area contributed by atoms with Crippen molar-refractivity contribution in [1.29, 1.82) is 0 Å². The van der Waals surface area contributed by atoms with Gasteiger partial charge in [0.05, 0.1) is 0 Å². The van der Waals surface area contributed by atoms with Crippen molar-refractivity contribution in [3.8, 4) is 0 Å².